The van der Waals surface area contributed by atoms with E-state index in [0.717, 1.165) is 19.3 Å². The second-order valence-corrected chi connectivity index (χ2v) is 9.48. The first-order valence-corrected chi connectivity index (χ1v) is 11.8. The Balaban J connectivity index is 3.22. The van der Waals surface area contributed by atoms with Crippen LogP contribution in [0.5, 0.6) is 5.75 Å². The van der Waals surface area contributed by atoms with Gasteiger partial charge in [-0.25, -0.2) is 4.79 Å². The van der Waals surface area contributed by atoms with Gasteiger partial charge in [-0.3, -0.25) is 9.59 Å². The quantitative estimate of drug-likeness (QED) is 0.428. The molecule has 186 valence electrons. The van der Waals surface area contributed by atoms with Gasteiger partial charge in [0.1, 0.15) is 23.4 Å². The Kier molecular flexibility index (Phi) is 11.2. The maximum atomic E-state index is 13.6. The van der Waals surface area contributed by atoms with Crippen molar-refractivity contribution in [3.8, 4) is 5.75 Å². The summed E-state index contributed by atoms with van der Waals surface area (Å²) in [5.74, 6) is -0.832. The molecule has 0 aliphatic rings. The van der Waals surface area contributed by atoms with Gasteiger partial charge in [0.05, 0.1) is 0 Å². The number of unbranched alkanes of at least 4 members (excludes halogenated alkanes) is 2. The Labute approximate surface area is 198 Å². The summed E-state index contributed by atoms with van der Waals surface area (Å²) in [6, 6.07) is 4.48. The van der Waals surface area contributed by atoms with Gasteiger partial charge in [0.2, 0.25) is 11.8 Å². The van der Waals surface area contributed by atoms with E-state index in [1.165, 1.54) is 17.0 Å². The fourth-order valence-electron chi connectivity index (χ4n) is 3.41. The number of carbonyl (C=O) groups excluding carboxylic acids is 3. The molecule has 0 fully saturated rings. The average Bonchev–Trinajstić information content (AvgIpc) is 2.72. The molecule has 2 unspecified atom stereocenters. The highest BCUT2D eigenvalue weighted by molar-refractivity contribution is 5.92. The summed E-state index contributed by atoms with van der Waals surface area (Å²) in [5.41, 5.74) is -0.123. The zero-order valence-electron chi connectivity index (χ0n) is 21.1. The molecule has 1 aromatic carbocycles. The van der Waals surface area contributed by atoms with Crippen LogP contribution in [0.2, 0.25) is 0 Å². The number of ether oxygens (including phenoxy) is 1. The van der Waals surface area contributed by atoms with Crippen molar-refractivity contribution in [1.29, 1.82) is 0 Å². The molecule has 0 aliphatic carbocycles. The van der Waals surface area contributed by atoms with Crippen molar-refractivity contribution >= 4 is 17.9 Å². The molecule has 3 amide bonds. The fraction of sp³-hybridized carbons (Fsp3) is 0.640. The van der Waals surface area contributed by atoms with E-state index in [9.17, 15) is 19.5 Å². The Bertz CT molecular complexity index is 771. The van der Waals surface area contributed by atoms with Crippen LogP contribution in [0.4, 0.5) is 4.79 Å². The number of likely N-dealkylation sites (N-methyl/N-ethyl adjacent to an activating group) is 1. The standard InChI is InChI=1S/C25H41N3O5/c1-8-10-11-16-26-22(30)21(18-12-14-19(29)15-13-18)28(9-2)23(31)20(17(3)4)27-24(32)33-25(5,6)7/h12-15,17,20-21,29H,8-11,16H2,1-7H3,(H,26,30)(H,27,32). The fourth-order valence-corrected chi connectivity index (χ4v) is 3.41. The lowest BCUT2D eigenvalue weighted by molar-refractivity contribution is -0.143. The summed E-state index contributed by atoms with van der Waals surface area (Å²) in [6.07, 6.45) is 2.19. The van der Waals surface area contributed by atoms with Crippen molar-refractivity contribution < 1.29 is 24.2 Å². The molecule has 0 saturated heterocycles. The molecule has 8 heteroatoms. The van der Waals surface area contributed by atoms with Gasteiger partial charge in [0, 0.05) is 13.1 Å². The highest BCUT2D eigenvalue weighted by Crippen LogP contribution is 2.25. The number of rotatable bonds is 11. The van der Waals surface area contributed by atoms with Crippen LogP contribution >= 0.6 is 0 Å². The molecule has 0 aromatic heterocycles. The molecule has 0 radical (unpaired) electrons. The zero-order valence-corrected chi connectivity index (χ0v) is 21.1. The number of phenolic OH excluding ortho intramolecular Hbond substituents is 1. The van der Waals surface area contributed by atoms with E-state index >= 15 is 0 Å². The molecular formula is C25H41N3O5. The Morgan fingerprint density at radius 1 is 1.06 bits per heavy atom. The van der Waals surface area contributed by atoms with E-state index < -0.39 is 23.8 Å². The number of nitrogens with zero attached hydrogens (tertiary/aromatic N) is 1. The molecule has 1 rings (SSSR count). The predicted molar refractivity (Wildman–Crippen MR) is 129 cm³/mol. The first kappa shape index (κ1) is 28.3. The van der Waals surface area contributed by atoms with Crippen molar-refractivity contribution in [3.05, 3.63) is 29.8 Å². The number of carbonyl (C=O) groups is 3. The highest BCUT2D eigenvalue weighted by Gasteiger charge is 2.36. The topological polar surface area (TPSA) is 108 Å². The van der Waals surface area contributed by atoms with Crippen LogP contribution < -0.4 is 10.6 Å². The predicted octanol–water partition coefficient (Wildman–Crippen LogP) is 4.14. The molecule has 8 nitrogen and oxygen atoms in total. The molecule has 0 spiro atoms. The van der Waals surface area contributed by atoms with Crippen LogP contribution in [0.1, 0.15) is 79.3 Å². The molecule has 2 atom stereocenters. The summed E-state index contributed by atoms with van der Waals surface area (Å²) in [4.78, 5) is 40.7. The van der Waals surface area contributed by atoms with Crippen LogP contribution in [-0.4, -0.2) is 52.6 Å². The lowest BCUT2D eigenvalue weighted by atomic mass is 9.99. The van der Waals surface area contributed by atoms with E-state index in [2.05, 4.69) is 17.6 Å². The second kappa shape index (κ2) is 13.1. The number of aromatic hydroxyl groups is 1. The summed E-state index contributed by atoms with van der Waals surface area (Å²) < 4.78 is 5.34. The Morgan fingerprint density at radius 2 is 1.67 bits per heavy atom. The number of hydrogen-bond acceptors (Lipinski definition) is 5. The SMILES string of the molecule is CCCCCNC(=O)C(c1ccc(O)cc1)N(CC)C(=O)C(NC(=O)OC(C)(C)C)C(C)C. The van der Waals surface area contributed by atoms with E-state index in [1.807, 2.05) is 13.8 Å². The third kappa shape index (κ3) is 9.32. The van der Waals surface area contributed by atoms with Crippen LogP contribution in [0, 0.1) is 5.92 Å². The normalized spacial score (nSPS) is 13.2. The van der Waals surface area contributed by atoms with Crippen molar-refractivity contribution in [3.63, 3.8) is 0 Å². The van der Waals surface area contributed by atoms with Crippen molar-refractivity contribution in [2.45, 2.75) is 85.4 Å². The summed E-state index contributed by atoms with van der Waals surface area (Å²) in [5, 5.41) is 15.3. The zero-order chi connectivity index (χ0) is 25.2. The molecule has 33 heavy (non-hydrogen) atoms. The number of hydrogen-bond donors (Lipinski definition) is 3. The van der Waals surface area contributed by atoms with E-state index in [4.69, 9.17) is 4.74 Å². The van der Waals surface area contributed by atoms with Crippen molar-refractivity contribution in [2.24, 2.45) is 5.92 Å². The molecule has 0 bridgehead atoms. The minimum Gasteiger partial charge on any atom is -0.508 e. The van der Waals surface area contributed by atoms with E-state index in [1.54, 1.807) is 39.8 Å². The number of nitrogens with one attached hydrogen (secondary N) is 2. The minimum atomic E-state index is -0.897. The maximum Gasteiger partial charge on any atom is 0.408 e. The van der Waals surface area contributed by atoms with Gasteiger partial charge in [-0.2, -0.15) is 0 Å². The molecule has 1 aromatic rings. The van der Waals surface area contributed by atoms with Gasteiger partial charge in [-0.1, -0.05) is 45.7 Å². The average molecular weight is 464 g/mol. The van der Waals surface area contributed by atoms with Crippen molar-refractivity contribution in [2.75, 3.05) is 13.1 Å². The monoisotopic (exact) mass is 463 g/mol. The summed E-state index contributed by atoms with van der Waals surface area (Å²) in [7, 11) is 0. The first-order chi connectivity index (χ1) is 15.4. The largest absolute Gasteiger partial charge is 0.508 e. The lowest BCUT2D eigenvalue weighted by Crippen LogP contribution is -2.54. The van der Waals surface area contributed by atoms with Crippen LogP contribution in [-0.2, 0) is 14.3 Å². The number of benzene rings is 1. The van der Waals surface area contributed by atoms with Gasteiger partial charge in [-0.05, 0) is 57.7 Å². The third-order valence-electron chi connectivity index (χ3n) is 5.08. The third-order valence-corrected chi connectivity index (χ3v) is 5.08. The first-order valence-electron chi connectivity index (χ1n) is 11.8. The Morgan fingerprint density at radius 3 is 2.15 bits per heavy atom. The number of phenols is 1. The van der Waals surface area contributed by atoms with Crippen LogP contribution in [0.15, 0.2) is 24.3 Å². The summed E-state index contributed by atoms with van der Waals surface area (Å²) >= 11 is 0. The molecule has 0 aliphatic heterocycles. The smallest absolute Gasteiger partial charge is 0.408 e. The van der Waals surface area contributed by atoms with E-state index in [-0.39, 0.29) is 30.0 Å². The van der Waals surface area contributed by atoms with Crippen LogP contribution in [0.3, 0.4) is 0 Å². The van der Waals surface area contributed by atoms with Gasteiger partial charge in [0.25, 0.3) is 0 Å². The van der Waals surface area contributed by atoms with Gasteiger partial charge < -0.3 is 25.4 Å². The molecule has 0 heterocycles. The lowest BCUT2D eigenvalue weighted by Gasteiger charge is -2.35. The van der Waals surface area contributed by atoms with Gasteiger partial charge in [-0.15, -0.1) is 0 Å². The van der Waals surface area contributed by atoms with E-state index in [0.29, 0.717) is 12.1 Å². The number of amides is 3. The summed E-state index contributed by atoms with van der Waals surface area (Å²) in [6.45, 7) is 13.6. The van der Waals surface area contributed by atoms with Gasteiger partial charge in [0.15, 0.2) is 0 Å². The Hall–Kier alpha value is -2.77. The molecule has 3 N–H and O–H groups in total. The van der Waals surface area contributed by atoms with Crippen molar-refractivity contribution in [1.82, 2.24) is 15.5 Å². The number of alkyl carbamates (subject to hydrolysis) is 1. The molecular weight excluding hydrogens is 422 g/mol. The van der Waals surface area contributed by atoms with Crippen LogP contribution in [0.25, 0.3) is 0 Å². The maximum absolute atomic E-state index is 13.6. The minimum absolute atomic E-state index is 0.0712. The molecule has 0 saturated carbocycles. The van der Waals surface area contributed by atoms with Gasteiger partial charge >= 0.3 is 6.09 Å². The highest BCUT2D eigenvalue weighted by atomic mass is 16.6. The second-order valence-electron chi connectivity index (χ2n) is 9.48.